The number of amides is 1. The lowest BCUT2D eigenvalue weighted by Gasteiger charge is -2.31. The molecule has 2 aliphatic rings. The number of aliphatic hydroxyl groups excluding tert-OH is 1. The quantitative estimate of drug-likeness (QED) is 0.282. The lowest BCUT2D eigenvalue weighted by Crippen LogP contribution is -2.51. The summed E-state index contributed by atoms with van der Waals surface area (Å²) >= 11 is 0. The number of benzene rings is 2. The smallest absolute Gasteiger partial charge is 0.251 e. The third-order valence-electron chi connectivity index (χ3n) is 7.51. The van der Waals surface area contributed by atoms with E-state index in [-0.39, 0.29) is 18.5 Å². The first-order chi connectivity index (χ1) is 19.0. The molecule has 1 atom stereocenters. The van der Waals surface area contributed by atoms with Gasteiger partial charge in [0.1, 0.15) is 17.3 Å². The van der Waals surface area contributed by atoms with E-state index >= 15 is 0 Å². The van der Waals surface area contributed by atoms with Crippen molar-refractivity contribution in [2.45, 2.75) is 37.6 Å². The van der Waals surface area contributed by atoms with Gasteiger partial charge in [0, 0.05) is 62.2 Å². The summed E-state index contributed by atoms with van der Waals surface area (Å²) in [4.78, 5) is 19.5. The molecule has 1 aromatic heterocycles. The number of hydrogen-bond donors (Lipinski definition) is 4. The van der Waals surface area contributed by atoms with Crippen LogP contribution in [-0.4, -0.2) is 79.5 Å². The largest absolute Gasteiger partial charge is 0.497 e. The van der Waals surface area contributed by atoms with Crippen LogP contribution in [0.1, 0.15) is 27.0 Å². The minimum atomic E-state index is -0.748. The predicted octanol–water partition coefficient (Wildman–Crippen LogP) is 2.24. The van der Waals surface area contributed by atoms with Gasteiger partial charge in [-0.1, -0.05) is 30.3 Å². The van der Waals surface area contributed by atoms with Crippen molar-refractivity contribution >= 4 is 11.7 Å². The molecule has 2 aromatic carbocycles. The molecule has 0 saturated carbocycles. The monoisotopic (exact) mass is 531 g/mol. The van der Waals surface area contributed by atoms with E-state index in [0.717, 1.165) is 43.0 Å². The molecule has 0 bridgehead atoms. The van der Waals surface area contributed by atoms with Crippen molar-refractivity contribution in [1.82, 2.24) is 20.5 Å². The SMILES string of the molecule is COc1ccc(CN(C[C@H](O)CNC(=O)c2ccnc(NC3CNC3)c2)C2Cc3ccccc3C2)c(OC)c1. The van der Waals surface area contributed by atoms with Gasteiger partial charge in [-0.15, -0.1) is 0 Å². The summed E-state index contributed by atoms with van der Waals surface area (Å²) in [5.74, 6) is 1.92. The van der Waals surface area contributed by atoms with Gasteiger partial charge in [-0.3, -0.25) is 9.69 Å². The molecule has 9 heteroatoms. The first-order valence-corrected chi connectivity index (χ1v) is 13.4. The number of nitrogens with one attached hydrogen (secondary N) is 3. The number of fused-ring (bicyclic) bond motifs is 1. The molecule has 0 unspecified atom stereocenters. The van der Waals surface area contributed by atoms with Crippen LogP contribution in [0.3, 0.4) is 0 Å². The van der Waals surface area contributed by atoms with Crippen LogP contribution < -0.4 is 25.4 Å². The van der Waals surface area contributed by atoms with E-state index in [1.54, 1.807) is 32.5 Å². The van der Waals surface area contributed by atoms with E-state index in [4.69, 9.17) is 9.47 Å². The molecular formula is C30H37N5O4. The number of ether oxygens (including phenoxy) is 2. The summed E-state index contributed by atoms with van der Waals surface area (Å²) in [7, 11) is 3.29. The fourth-order valence-corrected chi connectivity index (χ4v) is 5.24. The molecule has 0 radical (unpaired) electrons. The van der Waals surface area contributed by atoms with Crippen molar-refractivity contribution in [1.29, 1.82) is 0 Å². The highest BCUT2D eigenvalue weighted by molar-refractivity contribution is 5.94. The summed E-state index contributed by atoms with van der Waals surface area (Å²) in [6.07, 6.45) is 2.71. The standard InChI is InChI=1S/C30H37N5O4/c1-38-27-8-7-23(28(14-27)39-2)18-35(25-11-20-5-3-4-6-21(20)12-25)19-26(36)17-33-30(37)22-9-10-32-29(13-22)34-24-15-31-16-24/h3-10,13-14,24-26,31,36H,11-12,15-19H2,1-2H3,(H,32,34)(H,33,37)/t26-/m1/s1. The molecule has 1 aliphatic carbocycles. The van der Waals surface area contributed by atoms with Crippen LogP contribution in [0.4, 0.5) is 5.82 Å². The summed E-state index contributed by atoms with van der Waals surface area (Å²) < 4.78 is 11.0. The maximum absolute atomic E-state index is 12.9. The van der Waals surface area contributed by atoms with Crippen LogP contribution in [0, 0.1) is 0 Å². The van der Waals surface area contributed by atoms with Crippen molar-refractivity contribution in [3.05, 3.63) is 83.0 Å². The van der Waals surface area contributed by atoms with Gasteiger partial charge in [-0.2, -0.15) is 0 Å². The fourth-order valence-electron chi connectivity index (χ4n) is 5.24. The van der Waals surface area contributed by atoms with E-state index < -0.39 is 6.10 Å². The van der Waals surface area contributed by atoms with Crippen LogP contribution in [0.2, 0.25) is 0 Å². The lowest BCUT2D eigenvalue weighted by molar-refractivity contribution is 0.0747. The number of anilines is 1. The minimum absolute atomic E-state index is 0.145. The summed E-state index contributed by atoms with van der Waals surface area (Å²) in [5.41, 5.74) is 4.22. The molecule has 39 heavy (non-hydrogen) atoms. The Hall–Kier alpha value is -3.66. The molecule has 1 amide bonds. The Labute approximate surface area is 229 Å². The Morgan fingerprint density at radius 1 is 1.10 bits per heavy atom. The zero-order chi connectivity index (χ0) is 27.2. The Morgan fingerprint density at radius 2 is 1.87 bits per heavy atom. The van der Waals surface area contributed by atoms with Gasteiger partial charge in [-0.25, -0.2) is 4.98 Å². The molecule has 1 saturated heterocycles. The molecule has 0 spiro atoms. The van der Waals surface area contributed by atoms with Crippen LogP contribution in [-0.2, 0) is 19.4 Å². The molecule has 1 aliphatic heterocycles. The zero-order valence-electron chi connectivity index (χ0n) is 22.5. The average molecular weight is 532 g/mol. The normalized spacial score (nSPS) is 15.9. The predicted molar refractivity (Wildman–Crippen MR) is 150 cm³/mol. The number of carbonyl (C=O) groups is 1. The number of aromatic nitrogens is 1. The number of nitrogens with zero attached hydrogens (tertiary/aromatic N) is 2. The number of rotatable bonds is 12. The van der Waals surface area contributed by atoms with Crippen LogP contribution in [0.15, 0.2) is 60.8 Å². The van der Waals surface area contributed by atoms with Crippen molar-refractivity contribution in [2.24, 2.45) is 0 Å². The van der Waals surface area contributed by atoms with Gasteiger partial charge in [0.25, 0.3) is 5.91 Å². The summed E-state index contributed by atoms with van der Waals surface area (Å²) in [6, 6.07) is 18.3. The fraction of sp³-hybridized carbons (Fsp3) is 0.400. The second kappa shape index (κ2) is 12.5. The van der Waals surface area contributed by atoms with Gasteiger partial charge in [0.15, 0.2) is 0 Å². The minimum Gasteiger partial charge on any atom is -0.497 e. The van der Waals surface area contributed by atoms with Gasteiger partial charge < -0.3 is 30.5 Å². The van der Waals surface area contributed by atoms with E-state index in [1.165, 1.54) is 11.1 Å². The van der Waals surface area contributed by atoms with E-state index in [1.807, 2.05) is 18.2 Å². The van der Waals surface area contributed by atoms with Crippen molar-refractivity contribution in [2.75, 3.05) is 45.7 Å². The Kier molecular flexibility index (Phi) is 8.61. The Bertz CT molecular complexity index is 1260. The van der Waals surface area contributed by atoms with Crippen molar-refractivity contribution in [3.8, 4) is 11.5 Å². The number of hydrogen-bond acceptors (Lipinski definition) is 8. The summed E-state index contributed by atoms with van der Waals surface area (Å²) in [5, 5.41) is 20.5. The Balaban J connectivity index is 1.24. The summed E-state index contributed by atoms with van der Waals surface area (Å²) in [6.45, 7) is 2.93. The van der Waals surface area contributed by atoms with E-state index in [0.29, 0.717) is 30.5 Å². The van der Waals surface area contributed by atoms with Crippen molar-refractivity contribution in [3.63, 3.8) is 0 Å². The van der Waals surface area contributed by atoms with Crippen LogP contribution >= 0.6 is 0 Å². The van der Waals surface area contributed by atoms with Gasteiger partial charge >= 0.3 is 0 Å². The second-order valence-electron chi connectivity index (χ2n) is 10.2. The number of methoxy groups -OCH3 is 2. The number of aliphatic hydroxyl groups is 1. The Morgan fingerprint density at radius 3 is 2.54 bits per heavy atom. The molecular weight excluding hydrogens is 494 g/mol. The molecule has 5 rings (SSSR count). The highest BCUT2D eigenvalue weighted by Gasteiger charge is 2.29. The first-order valence-electron chi connectivity index (χ1n) is 13.4. The zero-order valence-corrected chi connectivity index (χ0v) is 22.5. The topological polar surface area (TPSA) is 108 Å². The maximum Gasteiger partial charge on any atom is 0.251 e. The van der Waals surface area contributed by atoms with Crippen LogP contribution in [0.25, 0.3) is 0 Å². The first kappa shape index (κ1) is 26.9. The second-order valence-corrected chi connectivity index (χ2v) is 10.2. The molecule has 2 heterocycles. The van der Waals surface area contributed by atoms with Crippen LogP contribution in [0.5, 0.6) is 11.5 Å². The van der Waals surface area contributed by atoms with Gasteiger partial charge in [0.05, 0.1) is 26.4 Å². The molecule has 206 valence electrons. The lowest BCUT2D eigenvalue weighted by atomic mass is 10.1. The van der Waals surface area contributed by atoms with E-state index in [2.05, 4.69) is 50.1 Å². The highest BCUT2D eigenvalue weighted by Crippen LogP contribution is 2.30. The number of carbonyl (C=O) groups excluding carboxylic acids is 1. The van der Waals surface area contributed by atoms with Crippen molar-refractivity contribution < 1.29 is 19.4 Å². The molecule has 9 nitrogen and oxygen atoms in total. The molecule has 1 fully saturated rings. The maximum atomic E-state index is 12.9. The highest BCUT2D eigenvalue weighted by atomic mass is 16.5. The average Bonchev–Trinajstić information content (AvgIpc) is 3.38. The number of pyridine rings is 1. The van der Waals surface area contributed by atoms with E-state index in [9.17, 15) is 9.90 Å². The van der Waals surface area contributed by atoms with Gasteiger partial charge in [0.2, 0.25) is 0 Å². The molecule has 3 aromatic rings. The third-order valence-corrected chi connectivity index (χ3v) is 7.51. The molecule has 4 N–H and O–H groups in total. The van der Waals surface area contributed by atoms with Gasteiger partial charge in [-0.05, 0) is 42.2 Å². The third kappa shape index (κ3) is 6.68.